The summed E-state index contributed by atoms with van der Waals surface area (Å²) in [6.07, 6.45) is 3.59. The third kappa shape index (κ3) is 2.78. The van der Waals surface area contributed by atoms with Crippen molar-refractivity contribution in [2.24, 2.45) is 5.92 Å². The zero-order valence-electron chi connectivity index (χ0n) is 10.4. The molecule has 3 nitrogen and oxygen atoms in total. The molecule has 2 N–H and O–H groups in total. The van der Waals surface area contributed by atoms with E-state index in [1.54, 1.807) is 6.07 Å². The Kier molecular flexibility index (Phi) is 3.36. The van der Waals surface area contributed by atoms with Crippen molar-refractivity contribution >= 4 is 11.7 Å². The van der Waals surface area contributed by atoms with Gasteiger partial charge < -0.3 is 10.4 Å². The number of hydrogen-bond donors (Lipinski definition) is 2. The van der Waals surface area contributed by atoms with Crippen molar-refractivity contribution in [1.29, 1.82) is 0 Å². The zero-order valence-corrected chi connectivity index (χ0v) is 10.4. The quantitative estimate of drug-likeness (QED) is 0.820. The first kappa shape index (κ1) is 12.0. The van der Waals surface area contributed by atoms with Crippen LogP contribution in [-0.2, 0) is 0 Å². The Hall–Kier alpha value is -1.51. The van der Waals surface area contributed by atoms with Gasteiger partial charge >= 0.3 is 5.97 Å². The first-order chi connectivity index (χ1) is 8.11. The number of hydrogen-bond acceptors (Lipinski definition) is 2. The molecule has 0 amide bonds. The first-order valence-corrected chi connectivity index (χ1v) is 6.22. The maximum Gasteiger partial charge on any atom is 0.337 e. The molecular weight excluding hydrogens is 214 g/mol. The summed E-state index contributed by atoms with van der Waals surface area (Å²) in [6.45, 7) is 4.09. The molecule has 1 saturated carbocycles. The van der Waals surface area contributed by atoms with Gasteiger partial charge in [-0.3, -0.25) is 0 Å². The van der Waals surface area contributed by atoms with Gasteiger partial charge in [0.05, 0.1) is 5.56 Å². The van der Waals surface area contributed by atoms with E-state index in [0.29, 0.717) is 11.6 Å². The summed E-state index contributed by atoms with van der Waals surface area (Å²) in [5.41, 5.74) is 2.12. The van der Waals surface area contributed by atoms with Crippen LogP contribution in [-0.4, -0.2) is 17.1 Å². The van der Waals surface area contributed by atoms with Crippen molar-refractivity contribution in [3.63, 3.8) is 0 Å². The average Bonchev–Trinajstić information content (AvgIpc) is 2.99. The fourth-order valence-electron chi connectivity index (χ4n) is 2.27. The second-order valence-electron chi connectivity index (χ2n) is 4.89. The number of carboxylic acids is 1. The van der Waals surface area contributed by atoms with Crippen LogP contribution in [0.15, 0.2) is 18.2 Å². The normalized spacial score (nSPS) is 22.2. The summed E-state index contributed by atoms with van der Waals surface area (Å²) in [5.74, 6) is -0.133. The molecule has 0 radical (unpaired) electrons. The van der Waals surface area contributed by atoms with E-state index in [1.807, 2.05) is 19.1 Å². The van der Waals surface area contributed by atoms with E-state index in [4.69, 9.17) is 5.11 Å². The molecule has 92 valence electrons. The summed E-state index contributed by atoms with van der Waals surface area (Å²) in [5, 5.41) is 12.5. The lowest BCUT2D eigenvalue weighted by atomic mass is 10.1. The molecule has 2 rings (SSSR count). The van der Waals surface area contributed by atoms with Crippen molar-refractivity contribution in [3.05, 3.63) is 29.3 Å². The van der Waals surface area contributed by atoms with Crippen molar-refractivity contribution in [2.45, 2.75) is 39.2 Å². The summed E-state index contributed by atoms with van der Waals surface area (Å²) >= 11 is 0. The molecule has 2 atom stereocenters. The van der Waals surface area contributed by atoms with Crippen LogP contribution >= 0.6 is 0 Å². The highest BCUT2D eigenvalue weighted by molar-refractivity contribution is 5.94. The second-order valence-corrected chi connectivity index (χ2v) is 4.89. The Morgan fingerprint density at radius 2 is 2.29 bits per heavy atom. The largest absolute Gasteiger partial charge is 0.478 e. The second kappa shape index (κ2) is 4.78. The van der Waals surface area contributed by atoms with Gasteiger partial charge in [0.2, 0.25) is 0 Å². The maximum atomic E-state index is 11.1. The molecule has 2 unspecified atom stereocenters. The van der Waals surface area contributed by atoms with Crippen LogP contribution < -0.4 is 5.32 Å². The van der Waals surface area contributed by atoms with Crippen LogP contribution in [0.2, 0.25) is 0 Å². The Labute approximate surface area is 102 Å². The molecule has 1 aliphatic carbocycles. The number of rotatable bonds is 5. The number of aryl methyl sites for hydroxylation is 1. The summed E-state index contributed by atoms with van der Waals surface area (Å²) in [7, 11) is 0. The monoisotopic (exact) mass is 233 g/mol. The molecule has 1 aliphatic rings. The standard InChI is InChI=1S/C14H19NO2/c1-3-4-10-8-13(10)15-12-6-5-9(2)7-11(12)14(16)17/h5-7,10,13,15H,3-4,8H2,1-2H3,(H,16,17). The summed E-state index contributed by atoms with van der Waals surface area (Å²) in [6, 6.07) is 6.02. The van der Waals surface area contributed by atoms with Crippen LogP contribution in [0.1, 0.15) is 42.1 Å². The van der Waals surface area contributed by atoms with Crippen LogP contribution in [0.4, 0.5) is 5.69 Å². The lowest BCUT2D eigenvalue weighted by molar-refractivity contribution is 0.0698. The minimum absolute atomic E-state index is 0.382. The van der Waals surface area contributed by atoms with E-state index in [0.717, 1.165) is 17.2 Å². The van der Waals surface area contributed by atoms with E-state index in [9.17, 15) is 4.79 Å². The molecule has 17 heavy (non-hydrogen) atoms. The Morgan fingerprint density at radius 3 is 2.94 bits per heavy atom. The van der Waals surface area contributed by atoms with Gasteiger partial charge in [-0.15, -0.1) is 0 Å². The SMILES string of the molecule is CCCC1CC1Nc1ccc(C)cc1C(=O)O. The number of anilines is 1. The number of benzene rings is 1. The molecular formula is C14H19NO2. The van der Waals surface area contributed by atoms with Gasteiger partial charge in [-0.05, 0) is 37.8 Å². The molecule has 0 heterocycles. The average molecular weight is 233 g/mol. The van der Waals surface area contributed by atoms with Gasteiger partial charge in [0, 0.05) is 11.7 Å². The van der Waals surface area contributed by atoms with E-state index >= 15 is 0 Å². The molecule has 0 aromatic heterocycles. The van der Waals surface area contributed by atoms with Crippen molar-refractivity contribution < 1.29 is 9.90 Å². The van der Waals surface area contributed by atoms with Crippen molar-refractivity contribution in [2.75, 3.05) is 5.32 Å². The summed E-state index contributed by atoms with van der Waals surface area (Å²) in [4.78, 5) is 11.1. The Bertz CT molecular complexity index is 428. The lowest BCUT2D eigenvalue weighted by Gasteiger charge is -2.10. The van der Waals surface area contributed by atoms with Crippen LogP contribution in [0.3, 0.4) is 0 Å². The van der Waals surface area contributed by atoms with Gasteiger partial charge in [0.25, 0.3) is 0 Å². The maximum absolute atomic E-state index is 11.1. The van der Waals surface area contributed by atoms with E-state index in [2.05, 4.69) is 12.2 Å². The van der Waals surface area contributed by atoms with Gasteiger partial charge in [0.1, 0.15) is 0 Å². The molecule has 0 saturated heterocycles. The highest BCUT2D eigenvalue weighted by Gasteiger charge is 2.36. The van der Waals surface area contributed by atoms with E-state index < -0.39 is 5.97 Å². The fourth-order valence-corrected chi connectivity index (χ4v) is 2.27. The molecule has 1 fully saturated rings. The number of carbonyl (C=O) groups is 1. The number of aromatic carboxylic acids is 1. The third-order valence-corrected chi connectivity index (χ3v) is 3.33. The smallest absolute Gasteiger partial charge is 0.337 e. The van der Waals surface area contributed by atoms with Gasteiger partial charge in [-0.2, -0.15) is 0 Å². The molecule has 3 heteroatoms. The molecule has 0 spiro atoms. The van der Waals surface area contributed by atoms with Crippen LogP contribution in [0, 0.1) is 12.8 Å². The van der Waals surface area contributed by atoms with Crippen molar-refractivity contribution in [3.8, 4) is 0 Å². The Morgan fingerprint density at radius 1 is 1.53 bits per heavy atom. The minimum atomic E-state index is -0.858. The predicted octanol–water partition coefficient (Wildman–Crippen LogP) is 3.29. The van der Waals surface area contributed by atoms with E-state index in [-0.39, 0.29) is 0 Å². The molecule has 0 aliphatic heterocycles. The highest BCUT2D eigenvalue weighted by atomic mass is 16.4. The van der Waals surface area contributed by atoms with Gasteiger partial charge in [-0.25, -0.2) is 4.79 Å². The first-order valence-electron chi connectivity index (χ1n) is 6.22. The topological polar surface area (TPSA) is 49.3 Å². The van der Waals surface area contributed by atoms with Crippen LogP contribution in [0.5, 0.6) is 0 Å². The highest BCUT2D eigenvalue weighted by Crippen LogP contribution is 2.37. The van der Waals surface area contributed by atoms with Crippen LogP contribution in [0.25, 0.3) is 0 Å². The van der Waals surface area contributed by atoms with Crippen molar-refractivity contribution in [1.82, 2.24) is 0 Å². The van der Waals surface area contributed by atoms with Gasteiger partial charge in [0.15, 0.2) is 0 Å². The number of nitrogens with one attached hydrogen (secondary N) is 1. The predicted molar refractivity (Wildman–Crippen MR) is 68.6 cm³/mol. The Balaban J connectivity index is 2.08. The summed E-state index contributed by atoms with van der Waals surface area (Å²) < 4.78 is 0. The van der Waals surface area contributed by atoms with Gasteiger partial charge in [-0.1, -0.05) is 25.0 Å². The molecule has 1 aromatic carbocycles. The zero-order chi connectivity index (χ0) is 12.4. The minimum Gasteiger partial charge on any atom is -0.478 e. The third-order valence-electron chi connectivity index (χ3n) is 3.33. The fraction of sp³-hybridized carbons (Fsp3) is 0.500. The number of carboxylic acid groups (broad SMARTS) is 1. The molecule has 1 aromatic rings. The lowest BCUT2D eigenvalue weighted by Crippen LogP contribution is -2.10. The van der Waals surface area contributed by atoms with E-state index in [1.165, 1.54) is 19.3 Å². The molecule has 0 bridgehead atoms.